The number of ether oxygens (including phenoxy) is 1. The monoisotopic (exact) mass is 269 g/mol. The first kappa shape index (κ1) is 12.8. The smallest absolute Gasteiger partial charge is 0.360 e. The molecular formula is C11H15N3O3S. The molecule has 0 saturated heterocycles. The number of nitrogen functional groups attached to an aromatic ring is 1. The van der Waals surface area contributed by atoms with Crippen molar-refractivity contribution >= 4 is 33.3 Å². The molecule has 0 atom stereocenters. The lowest BCUT2D eigenvalue weighted by atomic mass is 9.85. The molecule has 1 aromatic heterocycles. The molecule has 6 nitrogen and oxygen atoms in total. The SMILES string of the molecule is CCOC(=O)c1nc(NC(=O)C2CCC2)sc1N. The average molecular weight is 269 g/mol. The van der Waals surface area contributed by atoms with E-state index in [2.05, 4.69) is 10.3 Å². The number of amides is 1. The number of rotatable bonds is 4. The zero-order chi connectivity index (χ0) is 13.1. The van der Waals surface area contributed by atoms with E-state index in [-0.39, 0.29) is 29.1 Å². The minimum absolute atomic E-state index is 0.0505. The lowest BCUT2D eigenvalue weighted by Crippen LogP contribution is -2.28. The van der Waals surface area contributed by atoms with E-state index in [1.54, 1.807) is 6.92 Å². The molecular weight excluding hydrogens is 254 g/mol. The van der Waals surface area contributed by atoms with Gasteiger partial charge in [0.2, 0.25) is 5.91 Å². The molecule has 1 aliphatic carbocycles. The van der Waals surface area contributed by atoms with Gasteiger partial charge in [0.15, 0.2) is 10.8 Å². The number of carbonyl (C=O) groups is 2. The van der Waals surface area contributed by atoms with Gasteiger partial charge in [0.1, 0.15) is 5.00 Å². The van der Waals surface area contributed by atoms with Crippen molar-refractivity contribution in [1.82, 2.24) is 4.98 Å². The molecule has 0 aromatic carbocycles. The minimum atomic E-state index is -0.560. The summed E-state index contributed by atoms with van der Waals surface area (Å²) in [7, 11) is 0. The molecule has 0 unspecified atom stereocenters. The Kier molecular flexibility index (Phi) is 3.81. The number of nitrogens with zero attached hydrogens (tertiary/aromatic N) is 1. The molecule has 0 radical (unpaired) electrons. The lowest BCUT2D eigenvalue weighted by Gasteiger charge is -2.23. The summed E-state index contributed by atoms with van der Waals surface area (Å²) >= 11 is 1.08. The molecule has 3 N–H and O–H groups in total. The van der Waals surface area contributed by atoms with Gasteiger partial charge in [0.05, 0.1) is 6.61 Å². The van der Waals surface area contributed by atoms with Crippen LogP contribution in [0, 0.1) is 5.92 Å². The Labute approximate surface area is 109 Å². The van der Waals surface area contributed by atoms with Gasteiger partial charge in [-0.15, -0.1) is 0 Å². The zero-order valence-electron chi connectivity index (χ0n) is 10.1. The highest BCUT2D eigenvalue weighted by Gasteiger charge is 2.26. The fraction of sp³-hybridized carbons (Fsp3) is 0.545. The number of thiazole rings is 1. The van der Waals surface area contributed by atoms with Crippen LogP contribution < -0.4 is 11.1 Å². The van der Waals surface area contributed by atoms with E-state index in [1.165, 1.54) is 0 Å². The molecule has 1 aromatic rings. The minimum Gasteiger partial charge on any atom is -0.461 e. The summed E-state index contributed by atoms with van der Waals surface area (Å²) in [5, 5.41) is 3.30. The van der Waals surface area contributed by atoms with Gasteiger partial charge in [-0.2, -0.15) is 0 Å². The molecule has 1 saturated carbocycles. The second-order valence-corrected chi connectivity index (χ2v) is 5.10. The van der Waals surface area contributed by atoms with Gasteiger partial charge in [-0.3, -0.25) is 4.79 Å². The Balaban J connectivity index is 2.03. The van der Waals surface area contributed by atoms with Crippen LogP contribution in [-0.4, -0.2) is 23.5 Å². The molecule has 7 heteroatoms. The van der Waals surface area contributed by atoms with E-state index in [9.17, 15) is 9.59 Å². The van der Waals surface area contributed by atoms with Gasteiger partial charge in [-0.1, -0.05) is 17.8 Å². The molecule has 1 aliphatic rings. The second kappa shape index (κ2) is 5.34. The van der Waals surface area contributed by atoms with Crippen LogP contribution >= 0.6 is 11.3 Å². The van der Waals surface area contributed by atoms with Crippen LogP contribution in [0.15, 0.2) is 0 Å². The van der Waals surface area contributed by atoms with Crippen LogP contribution in [0.3, 0.4) is 0 Å². The summed E-state index contributed by atoms with van der Waals surface area (Å²) in [5.41, 5.74) is 5.75. The Bertz CT molecular complexity index is 468. The molecule has 0 spiro atoms. The molecule has 1 heterocycles. The maximum atomic E-state index is 11.7. The topological polar surface area (TPSA) is 94.3 Å². The van der Waals surface area contributed by atoms with Crippen molar-refractivity contribution < 1.29 is 14.3 Å². The third-order valence-electron chi connectivity index (χ3n) is 2.83. The Morgan fingerprint density at radius 2 is 2.28 bits per heavy atom. The van der Waals surface area contributed by atoms with E-state index in [0.717, 1.165) is 30.6 Å². The van der Waals surface area contributed by atoms with Gasteiger partial charge >= 0.3 is 5.97 Å². The fourth-order valence-corrected chi connectivity index (χ4v) is 2.33. The largest absolute Gasteiger partial charge is 0.461 e. The fourth-order valence-electron chi connectivity index (χ4n) is 1.61. The molecule has 1 fully saturated rings. The van der Waals surface area contributed by atoms with Crippen LogP contribution in [-0.2, 0) is 9.53 Å². The second-order valence-electron chi connectivity index (χ2n) is 4.07. The van der Waals surface area contributed by atoms with Gasteiger partial charge in [-0.05, 0) is 19.8 Å². The summed E-state index contributed by atoms with van der Waals surface area (Å²) < 4.78 is 4.82. The highest BCUT2D eigenvalue weighted by molar-refractivity contribution is 7.19. The van der Waals surface area contributed by atoms with Crippen molar-refractivity contribution in [2.75, 3.05) is 17.7 Å². The number of hydrogen-bond donors (Lipinski definition) is 2. The average Bonchev–Trinajstić information content (AvgIpc) is 2.57. The van der Waals surface area contributed by atoms with E-state index in [0.29, 0.717) is 5.13 Å². The van der Waals surface area contributed by atoms with Crippen LogP contribution in [0.1, 0.15) is 36.7 Å². The Morgan fingerprint density at radius 3 is 2.83 bits per heavy atom. The first-order valence-corrected chi connectivity index (χ1v) is 6.67. The Hall–Kier alpha value is -1.63. The Morgan fingerprint density at radius 1 is 1.56 bits per heavy atom. The number of anilines is 2. The van der Waals surface area contributed by atoms with Gasteiger partial charge in [0, 0.05) is 5.92 Å². The lowest BCUT2D eigenvalue weighted by molar-refractivity contribution is -0.122. The molecule has 18 heavy (non-hydrogen) atoms. The predicted molar refractivity (Wildman–Crippen MR) is 68.5 cm³/mol. The van der Waals surface area contributed by atoms with Crippen molar-refractivity contribution in [3.63, 3.8) is 0 Å². The van der Waals surface area contributed by atoms with E-state index >= 15 is 0 Å². The molecule has 2 rings (SSSR count). The first-order chi connectivity index (χ1) is 8.61. The van der Waals surface area contributed by atoms with Crippen LogP contribution in [0.4, 0.5) is 10.1 Å². The van der Waals surface area contributed by atoms with Crippen molar-refractivity contribution in [3.05, 3.63) is 5.69 Å². The summed E-state index contributed by atoms with van der Waals surface area (Å²) in [6.45, 7) is 1.97. The van der Waals surface area contributed by atoms with Gasteiger partial charge in [0.25, 0.3) is 0 Å². The van der Waals surface area contributed by atoms with Crippen LogP contribution in [0.2, 0.25) is 0 Å². The number of esters is 1. The van der Waals surface area contributed by atoms with Crippen LogP contribution in [0.25, 0.3) is 0 Å². The maximum absolute atomic E-state index is 11.7. The normalized spacial score (nSPS) is 14.9. The molecule has 98 valence electrons. The van der Waals surface area contributed by atoms with E-state index in [4.69, 9.17) is 10.5 Å². The number of nitrogens with two attached hydrogens (primary N) is 1. The van der Waals surface area contributed by atoms with Crippen molar-refractivity contribution in [1.29, 1.82) is 0 Å². The van der Waals surface area contributed by atoms with Crippen molar-refractivity contribution in [2.24, 2.45) is 5.92 Å². The number of aromatic nitrogens is 1. The summed E-state index contributed by atoms with van der Waals surface area (Å²) in [6, 6.07) is 0. The summed E-state index contributed by atoms with van der Waals surface area (Å²) in [5.74, 6) is -0.540. The summed E-state index contributed by atoms with van der Waals surface area (Å²) in [4.78, 5) is 27.2. The number of carbonyl (C=O) groups excluding carboxylic acids is 2. The third-order valence-corrected chi connectivity index (χ3v) is 3.63. The van der Waals surface area contributed by atoms with Crippen molar-refractivity contribution in [3.8, 4) is 0 Å². The van der Waals surface area contributed by atoms with Crippen molar-refractivity contribution in [2.45, 2.75) is 26.2 Å². The molecule has 0 bridgehead atoms. The van der Waals surface area contributed by atoms with E-state index < -0.39 is 5.97 Å². The number of nitrogens with one attached hydrogen (secondary N) is 1. The highest BCUT2D eigenvalue weighted by atomic mass is 32.1. The third kappa shape index (κ3) is 2.61. The maximum Gasteiger partial charge on any atom is 0.360 e. The van der Waals surface area contributed by atoms with Gasteiger partial charge < -0.3 is 15.8 Å². The standard InChI is InChI=1S/C11H15N3O3S/c1-2-17-10(16)7-8(12)18-11(13-7)14-9(15)6-4-3-5-6/h6H,2-5,12H2,1H3,(H,13,14,15). The zero-order valence-corrected chi connectivity index (χ0v) is 10.9. The van der Waals surface area contributed by atoms with Gasteiger partial charge in [-0.25, -0.2) is 9.78 Å². The molecule has 1 amide bonds. The number of hydrogen-bond acceptors (Lipinski definition) is 6. The summed E-state index contributed by atoms with van der Waals surface area (Å²) in [6.07, 6.45) is 2.92. The van der Waals surface area contributed by atoms with Crippen LogP contribution in [0.5, 0.6) is 0 Å². The first-order valence-electron chi connectivity index (χ1n) is 5.86. The quantitative estimate of drug-likeness (QED) is 0.810. The predicted octanol–water partition coefficient (Wildman–Crippen LogP) is 1.64. The highest BCUT2D eigenvalue weighted by Crippen LogP contribution is 2.30. The van der Waals surface area contributed by atoms with E-state index in [1.807, 2.05) is 0 Å². The molecule has 0 aliphatic heterocycles.